The van der Waals surface area contributed by atoms with E-state index in [-0.39, 0.29) is 0 Å². The van der Waals surface area contributed by atoms with Crippen LogP contribution >= 0.6 is 0 Å². The van der Waals surface area contributed by atoms with E-state index in [2.05, 4.69) is 37.9 Å². The van der Waals surface area contributed by atoms with Crippen molar-refractivity contribution in [3.05, 3.63) is 0 Å². The van der Waals surface area contributed by atoms with E-state index in [0.717, 1.165) is 18.4 Å². The Morgan fingerprint density at radius 1 is 1.12 bits per heavy atom. The Hall–Kier alpha value is -0.0800. The second-order valence-corrected chi connectivity index (χ2v) is 7.17. The van der Waals surface area contributed by atoms with Crippen LogP contribution < -0.4 is 5.32 Å². The molecule has 100 valence electrons. The molecule has 0 radical (unpaired) electrons. The van der Waals surface area contributed by atoms with Gasteiger partial charge in [0.05, 0.1) is 0 Å². The number of nitrogens with zero attached hydrogens (tertiary/aromatic N) is 1. The van der Waals surface area contributed by atoms with Crippen LogP contribution in [0.3, 0.4) is 0 Å². The van der Waals surface area contributed by atoms with Crippen molar-refractivity contribution in [1.82, 2.24) is 10.2 Å². The fraction of sp³-hybridized carbons (Fsp3) is 1.00. The summed E-state index contributed by atoms with van der Waals surface area (Å²) in [4.78, 5) is 2.72. The van der Waals surface area contributed by atoms with Crippen molar-refractivity contribution in [2.24, 2.45) is 11.8 Å². The molecule has 0 aromatic rings. The average Bonchev–Trinajstić information content (AvgIpc) is 2.26. The molecule has 0 amide bonds. The molecule has 2 aliphatic rings. The van der Waals surface area contributed by atoms with Gasteiger partial charge in [-0.2, -0.15) is 0 Å². The Kier molecular flexibility index (Phi) is 4.14. The molecule has 0 bridgehead atoms. The Balaban J connectivity index is 1.84. The maximum Gasteiger partial charge on any atom is 0.0252 e. The minimum atomic E-state index is 0.300. The summed E-state index contributed by atoms with van der Waals surface area (Å²) in [5, 5.41) is 3.64. The van der Waals surface area contributed by atoms with Gasteiger partial charge in [-0.05, 0) is 45.4 Å². The highest BCUT2D eigenvalue weighted by atomic mass is 15.2. The predicted molar refractivity (Wildman–Crippen MR) is 74.2 cm³/mol. The van der Waals surface area contributed by atoms with Gasteiger partial charge in [-0.15, -0.1) is 0 Å². The van der Waals surface area contributed by atoms with Crippen molar-refractivity contribution >= 4 is 0 Å². The smallest absolute Gasteiger partial charge is 0.0252 e. The molecule has 17 heavy (non-hydrogen) atoms. The number of hydrogen-bond donors (Lipinski definition) is 1. The van der Waals surface area contributed by atoms with E-state index in [9.17, 15) is 0 Å². The van der Waals surface area contributed by atoms with Crippen molar-refractivity contribution < 1.29 is 0 Å². The molecule has 1 aliphatic carbocycles. The van der Waals surface area contributed by atoms with Gasteiger partial charge in [-0.25, -0.2) is 0 Å². The van der Waals surface area contributed by atoms with Gasteiger partial charge in [0.25, 0.3) is 0 Å². The third-order valence-corrected chi connectivity index (χ3v) is 4.73. The third kappa shape index (κ3) is 3.69. The zero-order valence-corrected chi connectivity index (χ0v) is 12.1. The Morgan fingerprint density at radius 2 is 1.76 bits per heavy atom. The quantitative estimate of drug-likeness (QED) is 0.796. The fourth-order valence-electron chi connectivity index (χ4n) is 3.36. The molecule has 1 saturated carbocycles. The van der Waals surface area contributed by atoms with Crippen molar-refractivity contribution in [2.75, 3.05) is 19.6 Å². The third-order valence-electron chi connectivity index (χ3n) is 4.73. The molecule has 1 unspecified atom stereocenters. The van der Waals surface area contributed by atoms with Gasteiger partial charge in [-0.1, -0.05) is 19.8 Å². The Labute approximate surface area is 107 Å². The van der Waals surface area contributed by atoms with Gasteiger partial charge in [0.1, 0.15) is 0 Å². The van der Waals surface area contributed by atoms with Crippen molar-refractivity contribution in [1.29, 1.82) is 0 Å². The lowest BCUT2D eigenvalue weighted by molar-refractivity contribution is 0.0767. The molecule has 2 heteroatoms. The van der Waals surface area contributed by atoms with Crippen LogP contribution in [0, 0.1) is 11.8 Å². The highest BCUT2D eigenvalue weighted by molar-refractivity contribution is 4.91. The van der Waals surface area contributed by atoms with Crippen molar-refractivity contribution in [2.45, 2.75) is 65.0 Å². The second-order valence-electron chi connectivity index (χ2n) is 7.17. The molecular formula is C15H30N2. The van der Waals surface area contributed by atoms with E-state index in [1.54, 1.807) is 0 Å². The molecule has 1 N–H and O–H groups in total. The first-order valence-electron chi connectivity index (χ1n) is 7.45. The molecule has 1 aliphatic heterocycles. The molecule has 1 heterocycles. The van der Waals surface area contributed by atoms with Crippen LogP contribution in [0.15, 0.2) is 0 Å². The van der Waals surface area contributed by atoms with E-state index in [1.165, 1.54) is 38.8 Å². The Bertz CT molecular complexity index is 241. The van der Waals surface area contributed by atoms with Crippen LogP contribution in [-0.4, -0.2) is 36.1 Å². The summed E-state index contributed by atoms with van der Waals surface area (Å²) in [5.41, 5.74) is 0.300. The van der Waals surface area contributed by atoms with Gasteiger partial charge in [0.15, 0.2) is 0 Å². The summed E-state index contributed by atoms with van der Waals surface area (Å²) in [5.74, 6) is 1.94. The van der Waals surface area contributed by atoms with Crippen LogP contribution in [0.25, 0.3) is 0 Å². The minimum absolute atomic E-state index is 0.300. The number of hydrogen-bond acceptors (Lipinski definition) is 2. The average molecular weight is 238 g/mol. The maximum atomic E-state index is 3.64. The van der Waals surface area contributed by atoms with Crippen LogP contribution in [0.4, 0.5) is 0 Å². The second kappa shape index (κ2) is 5.27. The normalized spacial score (nSPS) is 39.2. The molecule has 1 atom stereocenters. The summed E-state index contributed by atoms with van der Waals surface area (Å²) in [6, 6.07) is 0.711. The van der Waals surface area contributed by atoms with Gasteiger partial charge in [0.2, 0.25) is 0 Å². The molecule has 2 fully saturated rings. The summed E-state index contributed by atoms with van der Waals surface area (Å²) >= 11 is 0. The molecule has 2 rings (SSSR count). The number of nitrogens with one attached hydrogen (secondary N) is 1. The highest BCUT2D eigenvalue weighted by Gasteiger charge is 2.31. The topological polar surface area (TPSA) is 15.3 Å². The monoisotopic (exact) mass is 238 g/mol. The lowest BCUT2D eigenvalue weighted by atomic mass is 9.82. The fourth-order valence-corrected chi connectivity index (χ4v) is 3.36. The van der Waals surface area contributed by atoms with Gasteiger partial charge >= 0.3 is 0 Å². The first-order valence-corrected chi connectivity index (χ1v) is 7.45. The van der Waals surface area contributed by atoms with E-state index in [0.29, 0.717) is 11.6 Å². The molecule has 1 saturated heterocycles. The molecule has 0 spiro atoms. The first kappa shape index (κ1) is 13.4. The standard InChI is InChI=1S/C15H30N2/c1-12-5-7-14(8-6-12)10-17-11-15(3,4)16-9-13(17)2/h12-14,16H,5-11H2,1-4H3. The summed E-state index contributed by atoms with van der Waals surface area (Å²) < 4.78 is 0. The van der Waals surface area contributed by atoms with Gasteiger partial charge in [0, 0.05) is 31.2 Å². The summed E-state index contributed by atoms with van der Waals surface area (Å²) in [6.07, 6.45) is 5.82. The van der Waals surface area contributed by atoms with E-state index in [4.69, 9.17) is 0 Å². The van der Waals surface area contributed by atoms with Gasteiger partial charge < -0.3 is 5.32 Å². The van der Waals surface area contributed by atoms with Crippen LogP contribution in [0.2, 0.25) is 0 Å². The highest BCUT2D eigenvalue weighted by Crippen LogP contribution is 2.30. The zero-order valence-electron chi connectivity index (χ0n) is 12.1. The predicted octanol–water partition coefficient (Wildman–Crippen LogP) is 2.89. The largest absolute Gasteiger partial charge is 0.309 e. The van der Waals surface area contributed by atoms with Crippen LogP contribution in [-0.2, 0) is 0 Å². The summed E-state index contributed by atoms with van der Waals surface area (Å²) in [6.45, 7) is 13.1. The molecule has 0 aromatic carbocycles. The van der Waals surface area contributed by atoms with E-state index >= 15 is 0 Å². The maximum absolute atomic E-state index is 3.64. The first-order chi connectivity index (χ1) is 7.96. The van der Waals surface area contributed by atoms with Crippen molar-refractivity contribution in [3.8, 4) is 0 Å². The van der Waals surface area contributed by atoms with Crippen molar-refractivity contribution in [3.63, 3.8) is 0 Å². The minimum Gasteiger partial charge on any atom is -0.309 e. The summed E-state index contributed by atoms with van der Waals surface area (Å²) in [7, 11) is 0. The Morgan fingerprint density at radius 3 is 2.41 bits per heavy atom. The van der Waals surface area contributed by atoms with E-state index in [1.807, 2.05) is 0 Å². The molecule has 2 nitrogen and oxygen atoms in total. The van der Waals surface area contributed by atoms with Crippen LogP contribution in [0.1, 0.15) is 53.4 Å². The lowest BCUT2D eigenvalue weighted by Crippen LogP contribution is -2.61. The zero-order chi connectivity index (χ0) is 12.5. The van der Waals surface area contributed by atoms with Crippen LogP contribution in [0.5, 0.6) is 0 Å². The SMILES string of the molecule is CC1CCC(CN2CC(C)(C)NCC2C)CC1. The molecular weight excluding hydrogens is 208 g/mol. The van der Waals surface area contributed by atoms with Gasteiger partial charge in [-0.3, -0.25) is 4.90 Å². The number of piperazine rings is 1. The number of rotatable bonds is 2. The molecule has 0 aromatic heterocycles. The van der Waals surface area contributed by atoms with E-state index < -0.39 is 0 Å². The lowest BCUT2D eigenvalue weighted by Gasteiger charge is -2.45.